The molecule has 0 aliphatic rings. The molecule has 0 bridgehead atoms. The van der Waals surface area contributed by atoms with Crippen LogP contribution in [-0.4, -0.2) is 52.6 Å². The van der Waals surface area contributed by atoms with E-state index in [-0.39, 0.29) is 24.0 Å². The minimum atomic E-state index is -3.73. The Hall–Kier alpha value is -2.95. The van der Waals surface area contributed by atoms with Gasteiger partial charge in [-0.1, -0.05) is 30.3 Å². The molecule has 0 saturated heterocycles. The molecule has 0 aliphatic carbocycles. The van der Waals surface area contributed by atoms with E-state index < -0.39 is 21.5 Å². The van der Waals surface area contributed by atoms with Gasteiger partial charge in [-0.3, -0.25) is 10.1 Å². The molecule has 31 heavy (non-hydrogen) atoms. The highest BCUT2D eigenvalue weighted by Gasteiger charge is 2.35. The molecule has 0 spiro atoms. The van der Waals surface area contributed by atoms with Gasteiger partial charge in [0.1, 0.15) is 17.9 Å². The number of sulfonamides is 1. The summed E-state index contributed by atoms with van der Waals surface area (Å²) in [6, 6.07) is 15.1. The summed E-state index contributed by atoms with van der Waals surface area (Å²) >= 11 is 0. The summed E-state index contributed by atoms with van der Waals surface area (Å²) in [5.74, 6) is -0.264. The van der Waals surface area contributed by atoms with E-state index in [0.29, 0.717) is 18.7 Å². The van der Waals surface area contributed by atoms with Crippen LogP contribution in [0, 0.1) is 0 Å². The lowest BCUT2D eigenvalue weighted by Crippen LogP contribution is -2.57. The lowest BCUT2D eigenvalue weighted by molar-refractivity contribution is -0.149. The van der Waals surface area contributed by atoms with Gasteiger partial charge in [-0.05, 0) is 43.2 Å². The highest BCUT2D eigenvalue weighted by atomic mass is 32.2. The number of hydrogen-bond acceptors (Lipinski definition) is 7. The Balaban J connectivity index is 1.83. The quantitative estimate of drug-likeness (QED) is 0.427. The third kappa shape index (κ3) is 7.67. The van der Waals surface area contributed by atoms with Crippen LogP contribution < -0.4 is 20.5 Å². The molecule has 0 fully saturated rings. The van der Waals surface area contributed by atoms with Gasteiger partial charge in [0, 0.05) is 6.54 Å². The van der Waals surface area contributed by atoms with E-state index in [4.69, 9.17) is 14.6 Å². The van der Waals surface area contributed by atoms with Crippen LogP contribution in [0.3, 0.4) is 0 Å². The van der Waals surface area contributed by atoms with Crippen molar-refractivity contribution in [1.82, 2.24) is 10.6 Å². The molecule has 1 unspecified atom stereocenters. The topological polar surface area (TPSA) is 137 Å². The summed E-state index contributed by atoms with van der Waals surface area (Å²) in [6.45, 7) is 1.80. The third-order valence-corrected chi connectivity index (χ3v) is 5.46. The Kier molecular flexibility index (Phi) is 8.55. The number of carbonyl (C=O) groups excluding carboxylic acids is 2. The van der Waals surface area contributed by atoms with Crippen molar-refractivity contribution in [2.45, 2.75) is 23.8 Å². The first-order valence-electron chi connectivity index (χ1n) is 9.54. The molecule has 2 rings (SSSR count). The lowest BCUT2D eigenvalue weighted by Gasteiger charge is -2.27. The van der Waals surface area contributed by atoms with Gasteiger partial charge in [0.05, 0.1) is 18.6 Å². The number of primary sulfonamides is 1. The first kappa shape index (κ1) is 24.3. The smallest absolute Gasteiger partial charge is 0.329 e. The van der Waals surface area contributed by atoms with Crippen LogP contribution in [0.15, 0.2) is 59.5 Å². The fraction of sp³-hybridized carbons (Fsp3) is 0.333. The second-order valence-electron chi connectivity index (χ2n) is 7.07. The fourth-order valence-electron chi connectivity index (χ4n) is 2.68. The number of nitrogens with two attached hydrogens (primary N) is 1. The van der Waals surface area contributed by atoms with Gasteiger partial charge in [-0.2, -0.15) is 0 Å². The van der Waals surface area contributed by atoms with E-state index in [1.165, 1.54) is 19.2 Å². The first-order chi connectivity index (χ1) is 14.6. The molecule has 2 aromatic rings. The third-order valence-electron chi connectivity index (χ3n) is 4.53. The van der Waals surface area contributed by atoms with Gasteiger partial charge in [0.2, 0.25) is 15.9 Å². The molecular weight excluding hydrogens is 422 g/mol. The van der Waals surface area contributed by atoms with Crippen molar-refractivity contribution < 1.29 is 27.5 Å². The molecule has 2 aromatic carbocycles. The van der Waals surface area contributed by atoms with Crippen molar-refractivity contribution >= 4 is 21.9 Å². The number of benzene rings is 2. The van der Waals surface area contributed by atoms with E-state index in [1.54, 1.807) is 31.2 Å². The zero-order valence-electron chi connectivity index (χ0n) is 17.5. The molecule has 0 saturated carbocycles. The number of amides is 1. The highest BCUT2D eigenvalue weighted by Crippen LogP contribution is 2.13. The number of nitrogens with one attached hydrogen (secondary N) is 2. The van der Waals surface area contributed by atoms with Crippen LogP contribution in [0.5, 0.6) is 5.75 Å². The van der Waals surface area contributed by atoms with Crippen molar-refractivity contribution in [3.8, 4) is 5.75 Å². The molecule has 0 radical (unpaired) electrons. The van der Waals surface area contributed by atoms with Crippen molar-refractivity contribution in [2.75, 3.05) is 26.8 Å². The van der Waals surface area contributed by atoms with Crippen LogP contribution in [0.25, 0.3) is 0 Å². The zero-order chi connectivity index (χ0) is 22.9. The van der Waals surface area contributed by atoms with Crippen molar-refractivity contribution in [3.05, 3.63) is 60.2 Å². The maximum Gasteiger partial charge on any atom is 0.329 e. The predicted octanol–water partition coefficient (Wildman–Crippen LogP) is 0.593. The van der Waals surface area contributed by atoms with Gasteiger partial charge in [-0.25, -0.2) is 18.4 Å². The van der Waals surface area contributed by atoms with E-state index >= 15 is 0 Å². The number of carbonyl (C=O) groups is 2. The molecule has 0 aliphatic heterocycles. The maximum atomic E-state index is 12.2. The number of esters is 1. The van der Waals surface area contributed by atoms with Gasteiger partial charge >= 0.3 is 5.97 Å². The Morgan fingerprint density at radius 2 is 1.71 bits per heavy atom. The molecule has 10 heteroatoms. The van der Waals surface area contributed by atoms with E-state index in [1.807, 2.05) is 18.2 Å². The molecule has 9 nitrogen and oxygen atoms in total. The average Bonchev–Trinajstić information content (AvgIpc) is 2.76. The molecule has 168 valence electrons. The molecule has 0 heterocycles. The fourth-order valence-corrected chi connectivity index (χ4v) is 3.20. The van der Waals surface area contributed by atoms with Crippen molar-refractivity contribution in [2.24, 2.45) is 5.14 Å². The van der Waals surface area contributed by atoms with E-state index in [0.717, 1.165) is 5.56 Å². The molecular formula is C21H27N3O6S. The SMILES string of the molecule is COC(=O)C(C)(COc1ccccc1)NCC(=O)NCCc1ccc(S(N)(=O)=O)cc1. The normalized spacial score (nSPS) is 13.1. The number of rotatable bonds is 11. The Bertz CT molecular complexity index is 980. The second kappa shape index (κ2) is 10.9. The Labute approximate surface area is 182 Å². The lowest BCUT2D eigenvalue weighted by atomic mass is 10.0. The molecule has 1 amide bonds. The van der Waals surface area contributed by atoms with Crippen LogP contribution in [0.1, 0.15) is 12.5 Å². The van der Waals surface area contributed by atoms with E-state index in [2.05, 4.69) is 10.6 Å². The summed E-state index contributed by atoms with van der Waals surface area (Å²) in [5.41, 5.74) is -0.373. The van der Waals surface area contributed by atoms with Gasteiger partial charge in [-0.15, -0.1) is 0 Å². The minimum Gasteiger partial charge on any atom is -0.491 e. The number of methoxy groups -OCH3 is 1. The number of para-hydroxylation sites is 1. The monoisotopic (exact) mass is 449 g/mol. The Morgan fingerprint density at radius 1 is 1.06 bits per heavy atom. The van der Waals surface area contributed by atoms with Crippen LogP contribution in [0.4, 0.5) is 0 Å². The maximum absolute atomic E-state index is 12.2. The summed E-state index contributed by atoms with van der Waals surface area (Å²) in [5, 5.41) is 10.7. The summed E-state index contributed by atoms with van der Waals surface area (Å²) in [7, 11) is -2.46. The largest absolute Gasteiger partial charge is 0.491 e. The van der Waals surface area contributed by atoms with Crippen LogP contribution in [0.2, 0.25) is 0 Å². The summed E-state index contributed by atoms with van der Waals surface area (Å²) in [6.07, 6.45) is 0.502. The standard InChI is InChI=1S/C21H27N3O6S/c1-21(20(26)29-2,15-30-17-6-4-3-5-7-17)24-14-19(25)23-13-12-16-8-10-18(11-9-16)31(22,27)28/h3-11,24H,12-15H2,1-2H3,(H,23,25)(H2,22,27,28). The minimum absolute atomic E-state index is 0.0205. The number of hydrogen-bond donors (Lipinski definition) is 3. The van der Waals surface area contributed by atoms with Gasteiger partial charge in [0.25, 0.3) is 0 Å². The number of ether oxygens (including phenoxy) is 2. The zero-order valence-corrected chi connectivity index (χ0v) is 18.3. The predicted molar refractivity (Wildman–Crippen MR) is 115 cm³/mol. The molecule has 1 atom stereocenters. The van der Waals surface area contributed by atoms with Gasteiger partial charge < -0.3 is 14.8 Å². The molecule has 4 N–H and O–H groups in total. The average molecular weight is 450 g/mol. The van der Waals surface area contributed by atoms with Crippen LogP contribution in [-0.2, 0) is 30.8 Å². The van der Waals surface area contributed by atoms with Crippen LogP contribution >= 0.6 is 0 Å². The summed E-state index contributed by atoms with van der Waals surface area (Å²) in [4.78, 5) is 24.4. The van der Waals surface area contributed by atoms with Gasteiger partial charge in [0.15, 0.2) is 0 Å². The molecule has 0 aromatic heterocycles. The van der Waals surface area contributed by atoms with Crippen molar-refractivity contribution in [3.63, 3.8) is 0 Å². The highest BCUT2D eigenvalue weighted by molar-refractivity contribution is 7.89. The Morgan fingerprint density at radius 3 is 2.29 bits per heavy atom. The summed E-state index contributed by atoms with van der Waals surface area (Å²) < 4.78 is 33.0. The second-order valence-corrected chi connectivity index (χ2v) is 8.63. The van der Waals surface area contributed by atoms with Crippen molar-refractivity contribution in [1.29, 1.82) is 0 Å². The van der Waals surface area contributed by atoms with E-state index in [9.17, 15) is 18.0 Å². The first-order valence-corrected chi connectivity index (χ1v) is 11.1.